The molecule has 2 spiro atoms. The fourth-order valence-electron chi connectivity index (χ4n) is 11.1. The highest BCUT2D eigenvalue weighted by Gasteiger charge is 2.52. The predicted octanol–water partition coefficient (Wildman–Crippen LogP) is 7.74. The average molecular weight is 856 g/mol. The minimum Gasteiger partial charge on any atom is -0.450 e. The van der Waals surface area contributed by atoms with E-state index in [4.69, 9.17) is 14.2 Å². The highest BCUT2D eigenvalue weighted by molar-refractivity contribution is 5.86. The van der Waals surface area contributed by atoms with Crippen molar-refractivity contribution in [2.45, 2.75) is 163 Å². The number of amides is 3. The molecule has 2 aliphatic carbocycles. The summed E-state index contributed by atoms with van der Waals surface area (Å²) in [4.78, 5) is 54.8. The standard InChI is InChI=1S/C19H33N3O2.C14H26N2O2.C10H15NO3.2CH4.ClH/c1-2-24-18(23)22-11-7-19(14-22)12-16(13-19)21-9-5-15(6-10-21)17-4-3-8-20-17;1-14(2,3)18-13(17)16-10-4-5-12(16)11-6-8-15-9-7-11;1-2-14-9(13)11-4-3-10(7-11)5-8(12)6-10;;;/h15-17,20H,2-14H2,1H3;11-12,15H,4-10H2,1-3H3;2-7H2,1H3;2*1H4;1H/t16?,17-,19?;12-;;;;/m00..../s1. The predicted molar refractivity (Wildman–Crippen MR) is 236 cm³/mol. The van der Waals surface area contributed by atoms with Gasteiger partial charge < -0.3 is 44.4 Å². The molecule has 3 amide bonds. The Bertz CT molecular complexity index is 1330. The molecule has 0 radical (unpaired) electrons. The van der Waals surface area contributed by atoms with Gasteiger partial charge in [-0.15, -0.1) is 12.4 Å². The van der Waals surface area contributed by atoms with E-state index in [1.807, 2.05) is 37.5 Å². The molecule has 13 nitrogen and oxygen atoms in total. The third-order valence-corrected chi connectivity index (χ3v) is 14.0. The van der Waals surface area contributed by atoms with Crippen LogP contribution in [0.5, 0.6) is 0 Å². The molecule has 8 fully saturated rings. The maximum absolute atomic E-state index is 12.2. The molecule has 0 aromatic rings. The summed E-state index contributed by atoms with van der Waals surface area (Å²) in [6.45, 7) is 20.5. The van der Waals surface area contributed by atoms with Crippen molar-refractivity contribution in [3.8, 4) is 0 Å². The molecule has 14 heteroatoms. The molecule has 2 N–H and O–H groups in total. The third kappa shape index (κ3) is 13.3. The summed E-state index contributed by atoms with van der Waals surface area (Å²) in [5, 5.41) is 7.08. The lowest BCUT2D eigenvalue weighted by Gasteiger charge is -2.52. The summed E-state index contributed by atoms with van der Waals surface area (Å²) in [7, 11) is 0. The number of hydrogen-bond acceptors (Lipinski definition) is 10. The Labute approximate surface area is 363 Å². The first-order valence-electron chi connectivity index (χ1n) is 22.3. The third-order valence-electron chi connectivity index (χ3n) is 14.0. The fraction of sp³-hybridized carbons (Fsp3) is 0.911. The van der Waals surface area contributed by atoms with Gasteiger partial charge in [-0.1, -0.05) is 14.9 Å². The number of hydrogen-bond donors (Lipinski definition) is 2. The van der Waals surface area contributed by atoms with E-state index in [2.05, 4.69) is 15.5 Å². The molecule has 6 heterocycles. The lowest BCUT2D eigenvalue weighted by atomic mass is 9.64. The van der Waals surface area contributed by atoms with Crippen LogP contribution in [-0.2, 0) is 19.0 Å². The van der Waals surface area contributed by atoms with Crippen molar-refractivity contribution in [1.82, 2.24) is 30.2 Å². The highest BCUT2D eigenvalue weighted by Crippen LogP contribution is 2.51. The van der Waals surface area contributed by atoms with E-state index in [9.17, 15) is 19.2 Å². The van der Waals surface area contributed by atoms with Crippen LogP contribution in [0.2, 0.25) is 0 Å². The van der Waals surface area contributed by atoms with E-state index in [0.717, 1.165) is 76.5 Å². The Morgan fingerprint density at radius 2 is 1.29 bits per heavy atom. The van der Waals surface area contributed by atoms with Crippen LogP contribution in [-0.4, -0.2) is 146 Å². The highest BCUT2D eigenvalue weighted by atomic mass is 35.5. The second kappa shape index (κ2) is 22.7. The molecule has 6 saturated heterocycles. The van der Waals surface area contributed by atoms with Gasteiger partial charge in [0.1, 0.15) is 11.4 Å². The molecule has 0 aromatic heterocycles. The van der Waals surface area contributed by atoms with Crippen LogP contribution in [0.1, 0.15) is 139 Å². The van der Waals surface area contributed by atoms with Crippen molar-refractivity contribution in [2.24, 2.45) is 22.7 Å². The monoisotopic (exact) mass is 855 g/mol. The summed E-state index contributed by atoms with van der Waals surface area (Å²) in [5.74, 6) is 1.89. The second-order valence-corrected chi connectivity index (χ2v) is 19.2. The lowest BCUT2D eigenvalue weighted by Crippen LogP contribution is -2.55. The van der Waals surface area contributed by atoms with Crippen molar-refractivity contribution < 1.29 is 33.4 Å². The lowest BCUT2D eigenvalue weighted by molar-refractivity contribution is -0.131. The van der Waals surface area contributed by atoms with Crippen LogP contribution in [0.25, 0.3) is 0 Å². The molecule has 8 rings (SSSR count). The van der Waals surface area contributed by atoms with Gasteiger partial charge in [0.05, 0.1) is 13.2 Å². The summed E-state index contributed by atoms with van der Waals surface area (Å²) < 4.78 is 15.6. The Kier molecular flexibility index (Phi) is 19.6. The topological polar surface area (TPSA) is 133 Å². The molecule has 8 aliphatic rings. The molecule has 6 aliphatic heterocycles. The molecule has 2 saturated carbocycles. The Hall–Kier alpha value is -2.35. The van der Waals surface area contributed by atoms with E-state index in [0.29, 0.717) is 55.8 Å². The fourth-order valence-corrected chi connectivity index (χ4v) is 11.1. The van der Waals surface area contributed by atoms with Crippen LogP contribution >= 0.6 is 12.4 Å². The first kappa shape index (κ1) is 51.0. The zero-order chi connectivity index (χ0) is 39.9. The molecule has 59 heavy (non-hydrogen) atoms. The van der Waals surface area contributed by atoms with Crippen molar-refractivity contribution in [3.05, 3.63) is 0 Å². The number of ether oxygens (including phenoxy) is 3. The first-order valence-corrected chi connectivity index (χ1v) is 22.3. The summed E-state index contributed by atoms with van der Waals surface area (Å²) >= 11 is 0. The normalized spacial score (nSPS) is 29.1. The van der Waals surface area contributed by atoms with Crippen molar-refractivity contribution in [3.63, 3.8) is 0 Å². The van der Waals surface area contributed by atoms with Gasteiger partial charge in [0.25, 0.3) is 0 Å². The zero-order valence-corrected chi connectivity index (χ0v) is 36.6. The van der Waals surface area contributed by atoms with E-state index in [-0.39, 0.29) is 51.0 Å². The van der Waals surface area contributed by atoms with Gasteiger partial charge in [0.15, 0.2) is 0 Å². The summed E-state index contributed by atoms with van der Waals surface area (Å²) in [6.07, 6.45) is 15.7. The number of likely N-dealkylation sites (tertiary alicyclic amines) is 4. The van der Waals surface area contributed by atoms with Crippen LogP contribution < -0.4 is 10.6 Å². The van der Waals surface area contributed by atoms with Crippen molar-refractivity contribution >= 4 is 36.5 Å². The molecule has 0 unspecified atom stereocenters. The zero-order valence-electron chi connectivity index (χ0n) is 35.8. The SMILES string of the molecule is C.C.CC(C)(C)OC(=O)N1CCC[C@H]1C1CCNCC1.CCOC(=O)N1CCC2(CC(=O)C2)C1.CCOC(=O)N1CCC2(CC(N3CCC([C@@H]4CCCN4)CC3)C2)C1.Cl. The van der Waals surface area contributed by atoms with E-state index in [1.54, 1.807) is 11.8 Å². The van der Waals surface area contributed by atoms with Gasteiger partial charge in [-0.25, -0.2) is 14.4 Å². The largest absolute Gasteiger partial charge is 0.450 e. The van der Waals surface area contributed by atoms with Gasteiger partial charge >= 0.3 is 18.3 Å². The van der Waals surface area contributed by atoms with Crippen molar-refractivity contribution in [2.75, 3.05) is 78.7 Å². The number of carbonyl (C=O) groups is 4. The molecule has 2 atom stereocenters. The smallest absolute Gasteiger partial charge is 0.410 e. The van der Waals surface area contributed by atoms with E-state index in [1.165, 1.54) is 77.4 Å². The number of carbonyl (C=O) groups excluding carboxylic acids is 4. The van der Waals surface area contributed by atoms with Gasteiger partial charge in [-0.2, -0.15) is 0 Å². The van der Waals surface area contributed by atoms with Gasteiger partial charge in [0.2, 0.25) is 0 Å². The molecular weight excluding hydrogens is 772 g/mol. The quantitative estimate of drug-likeness (QED) is 0.265. The molecular formula is C45H83ClN6O7. The van der Waals surface area contributed by atoms with Crippen LogP contribution in [0.15, 0.2) is 0 Å². The van der Waals surface area contributed by atoms with Crippen LogP contribution in [0, 0.1) is 22.7 Å². The number of Topliss-reactive ketones (excluding diaryl/α,β-unsaturated/α-hetero) is 1. The van der Waals surface area contributed by atoms with Crippen LogP contribution in [0.3, 0.4) is 0 Å². The Morgan fingerprint density at radius 3 is 1.81 bits per heavy atom. The van der Waals surface area contributed by atoms with E-state index >= 15 is 0 Å². The number of ketones is 1. The number of rotatable bonds is 5. The summed E-state index contributed by atoms with van der Waals surface area (Å²) in [5.41, 5.74) is 0.128. The van der Waals surface area contributed by atoms with Gasteiger partial charge in [0, 0.05) is 69.1 Å². The van der Waals surface area contributed by atoms with Gasteiger partial charge in [-0.3, -0.25) is 4.79 Å². The van der Waals surface area contributed by atoms with Crippen LogP contribution in [0.4, 0.5) is 14.4 Å². The molecule has 0 bridgehead atoms. The minimum atomic E-state index is -0.391. The summed E-state index contributed by atoms with van der Waals surface area (Å²) in [6, 6.07) is 1.97. The number of halogens is 1. The Morgan fingerprint density at radius 1 is 0.712 bits per heavy atom. The molecule has 0 aromatic carbocycles. The molecule has 342 valence electrons. The van der Waals surface area contributed by atoms with Gasteiger partial charge in [-0.05, 0) is 162 Å². The minimum absolute atomic E-state index is 0. The number of piperidine rings is 2. The first-order chi connectivity index (χ1) is 26.8. The maximum Gasteiger partial charge on any atom is 0.410 e. The number of nitrogens with zero attached hydrogens (tertiary/aromatic N) is 4. The van der Waals surface area contributed by atoms with E-state index < -0.39 is 5.60 Å². The number of nitrogens with one attached hydrogen (secondary N) is 2. The average Bonchev–Trinajstić information content (AvgIpc) is 3.98. The van der Waals surface area contributed by atoms with Crippen molar-refractivity contribution in [1.29, 1.82) is 0 Å². The second-order valence-electron chi connectivity index (χ2n) is 19.2. The Balaban J connectivity index is 0.000000239. The maximum atomic E-state index is 12.2.